The Balaban J connectivity index is 1.88. The zero-order chi connectivity index (χ0) is 12.3. The summed E-state index contributed by atoms with van der Waals surface area (Å²) in [7, 11) is -2.76. The standard InChI is InChI=1S/C11H17NO3S2/c13-4-1-10-8-12-11(16-10)7-9-2-5-17(14,15)6-3-9/h8-9,13H,1-7H2. The van der Waals surface area contributed by atoms with E-state index in [0.717, 1.165) is 29.1 Å². The average molecular weight is 275 g/mol. The molecule has 2 rings (SSSR count). The van der Waals surface area contributed by atoms with Crippen molar-refractivity contribution in [3.05, 3.63) is 16.1 Å². The number of aliphatic hydroxyl groups excluding tert-OH is 1. The number of nitrogens with zero attached hydrogens (tertiary/aromatic N) is 1. The number of sulfone groups is 1. The smallest absolute Gasteiger partial charge is 0.150 e. The summed E-state index contributed by atoms with van der Waals surface area (Å²) in [6, 6.07) is 0. The van der Waals surface area contributed by atoms with Gasteiger partial charge in [0.2, 0.25) is 0 Å². The summed E-state index contributed by atoms with van der Waals surface area (Å²) < 4.78 is 22.6. The van der Waals surface area contributed by atoms with Crippen molar-refractivity contribution >= 4 is 21.2 Å². The molecule has 0 amide bonds. The fraction of sp³-hybridized carbons (Fsp3) is 0.727. The van der Waals surface area contributed by atoms with E-state index in [0.29, 0.717) is 23.8 Å². The molecule has 0 atom stereocenters. The van der Waals surface area contributed by atoms with Gasteiger partial charge in [0.15, 0.2) is 0 Å². The molecule has 2 heterocycles. The normalized spacial score (nSPS) is 20.5. The van der Waals surface area contributed by atoms with E-state index in [1.165, 1.54) is 0 Å². The van der Waals surface area contributed by atoms with E-state index >= 15 is 0 Å². The van der Waals surface area contributed by atoms with E-state index in [9.17, 15) is 8.42 Å². The molecule has 17 heavy (non-hydrogen) atoms. The topological polar surface area (TPSA) is 67.3 Å². The van der Waals surface area contributed by atoms with Gasteiger partial charge in [0.25, 0.3) is 0 Å². The Morgan fingerprint density at radius 3 is 2.76 bits per heavy atom. The van der Waals surface area contributed by atoms with Gasteiger partial charge in [0.1, 0.15) is 9.84 Å². The van der Waals surface area contributed by atoms with Crippen LogP contribution in [0.15, 0.2) is 6.20 Å². The van der Waals surface area contributed by atoms with Crippen LogP contribution in [0, 0.1) is 5.92 Å². The summed E-state index contributed by atoms with van der Waals surface area (Å²) in [5.74, 6) is 1.10. The Kier molecular flexibility index (Phi) is 4.17. The van der Waals surface area contributed by atoms with E-state index in [-0.39, 0.29) is 6.61 Å². The number of hydrogen-bond donors (Lipinski definition) is 1. The van der Waals surface area contributed by atoms with Gasteiger partial charge < -0.3 is 5.11 Å². The molecule has 6 heteroatoms. The third-order valence-corrected chi connectivity index (χ3v) is 5.89. The molecule has 1 aromatic heterocycles. The molecule has 0 bridgehead atoms. The molecule has 0 aromatic carbocycles. The fourth-order valence-electron chi connectivity index (χ4n) is 2.06. The van der Waals surface area contributed by atoms with E-state index in [1.54, 1.807) is 11.3 Å². The molecule has 1 aliphatic heterocycles. The van der Waals surface area contributed by atoms with Crippen LogP contribution in [0.3, 0.4) is 0 Å². The van der Waals surface area contributed by atoms with Gasteiger partial charge in [-0.1, -0.05) is 0 Å². The van der Waals surface area contributed by atoms with Crippen molar-refractivity contribution in [2.75, 3.05) is 18.1 Å². The van der Waals surface area contributed by atoms with Gasteiger partial charge in [-0.25, -0.2) is 13.4 Å². The molecular formula is C11H17NO3S2. The fourth-order valence-corrected chi connectivity index (χ4v) is 4.67. The zero-order valence-electron chi connectivity index (χ0n) is 9.63. The minimum absolute atomic E-state index is 0.156. The second kappa shape index (κ2) is 5.46. The maximum Gasteiger partial charge on any atom is 0.150 e. The predicted molar refractivity (Wildman–Crippen MR) is 68.0 cm³/mol. The molecule has 1 N–H and O–H groups in total. The first kappa shape index (κ1) is 13.0. The number of rotatable bonds is 4. The van der Waals surface area contributed by atoms with Crippen LogP contribution in [-0.2, 0) is 22.7 Å². The molecule has 0 radical (unpaired) electrons. The van der Waals surface area contributed by atoms with Gasteiger partial charge >= 0.3 is 0 Å². The summed E-state index contributed by atoms with van der Waals surface area (Å²) in [5, 5.41) is 9.89. The number of aliphatic hydroxyl groups is 1. The lowest BCUT2D eigenvalue weighted by molar-refractivity contribution is 0.300. The first-order valence-electron chi connectivity index (χ1n) is 5.84. The highest BCUT2D eigenvalue weighted by Gasteiger charge is 2.24. The Bertz CT molecular complexity index is 453. The van der Waals surface area contributed by atoms with Gasteiger partial charge in [-0.15, -0.1) is 11.3 Å². The molecule has 0 spiro atoms. The summed E-state index contributed by atoms with van der Waals surface area (Å²) in [5.41, 5.74) is 0. The van der Waals surface area contributed by atoms with Crippen molar-refractivity contribution in [3.63, 3.8) is 0 Å². The first-order chi connectivity index (χ1) is 8.09. The predicted octanol–water partition coefficient (Wildman–Crippen LogP) is 1.05. The molecule has 96 valence electrons. The van der Waals surface area contributed by atoms with Crippen LogP contribution in [0.1, 0.15) is 22.7 Å². The van der Waals surface area contributed by atoms with Crippen molar-refractivity contribution in [2.24, 2.45) is 5.92 Å². The van der Waals surface area contributed by atoms with Crippen molar-refractivity contribution in [2.45, 2.75) is 25.7 Å². The van der Waals surface area contributed by atoms with Crippen LogP contribution in [0.2, 0.25) is 0 Å². The summed E-state index contributed by atoms with van der Waals surface area (Å²) in [4.78, 5) is 5.43. The number of thiazole rings is 1. The molecule has 0 unspecified atom stereocenters. The molecule has 1 aliphatic rings. The summed E-state index contributed by atoms with van der Waals surface area (Å²) >= 11 is 1.63. The average Bonchev–Trinajstić information content (AvgIpc) is 2.70. The van der Waals surface area contributed by atoms with Gasteiger partial charge in [-0.05, 0) is 18.8 Å². The minimum atomic E-state index is -2.76. The van der Waals surface area contributed by atoms with E-state index < -0.39 is 9.84 Å². The highest BCUT2D eigenvalue weighted by molar-refractivity contribution is 7.91. The van der Waals surface area contributed by atoms with Gasteiger partial charge in [-0.2, -0.15) is 0 Å². The quantitative estimate of drug-likeness (QED) is 0.891. The van der Waals surface area contributed by atoms with Crippen LogP contribution < -0.4 is 0 Å². The lowest BCUT2D eigenvalue weighted by Gasteiger charge is -2.20. The van der Waals surface area contributed by atoms with Gasteiger partial charge in [-0.3, -0.25) is 0 Å². The molecule has 0 aliphatic carbocycles. The largest absolute Gasteiger partial charge is 0.396 e. The highest BCUT2D eigenvalue weighted by Crippen LogP contribution is 2.25. The Labute approximate surface area is 106 Å². The number of hydrogen-bond acceptors (Lipinski definition) is 5. The molecular weight excluding hydrogens is 258 g/mol. The Hall–Kier alpha value is -0.460. The SMILES string of the molecule is O=S1(=O)CCC(Cc2ncc(CCO)s2)CC1. The van der Waals surface area contributed by atoms with Crippen LogP contribution in [0.4, 0.5) is 0 Å². The van der Waals surface area contributed by atoms with E-state index in [4.69, 9.17) is 5.11 Å². The molecule has 1 fully saturated rings. The van der Waals surface area contributed by atoms with Crippen molar-refractivity contribution in [3.8, 4) is 0 Å². The molecule has 4 nitrogen and oxygen atoms in total. The molecule has 0 saturated carbocycles. The van der Waals surface area contributed by atoms with Crippen molar-refractivity contribution in [1.29, 1.82) is 0 Å². The summed E-state index contributed by atoms with van der Waals surface area (Å²) in [6.07, 6.45) is 4.88. The lowest BCUT2D eigenvalue weighted by Crippen LogP contribution is -2.24. The second-order valence-corrected chi connectivity index (χ2v) is 8.00. The maximum atomic E-state index is 11.3. The van der Waals surface area contributed by atoms with E-state index in [1.807, 2.05) is 6.20 Å². The van der Waals surface area contributed by atoms with E-state index in [2.05, 4.69) is 4.98 Å². The zero-order valence-corrected chi connectivity index (χ0v) is 11.3. The monoisotopic (exact) mass is 275 g/mol. The highest BCUT2D eigenvalue weighted by atomic mass is 32.2. The van der Waals surface area contributed by atoms with Gasteiger partial charge in [0, 0.05) is 30.5 Å². The maximum absolute atomic E-state index is 11.3. The summed E-state index contributed by atoms with van der Waals surface area (Å²) in [6.45, 7) is 0.156. The number of aromatic nitrogens is 1. The molecule has 1 saturated heterocycles. The van der Waals surface area contributed by atoms with Crippen molar-refractivity contribution in [1.82, 2.24) is 4.98 Å². The first-order valence-corrected chi connectivity index (χ1v) is 8.48. The van der Waals surface area contributed by atoms with Crippen LogP contribution in [-0.4, -0.2) is 36.6 Å². The third kappa shape index (κ3) is 3.76. The second-order valence-electron chi connectivity index (χ2n) is 4.49. The third-order valence-electron chi connectivity index (χ3n) is 3.10. The minimum Gasteiger partial charge on any atom is -0.396 e. The lowest BCUT2D eigenvalue weighted by atomic mass is 9.99. The molecule has 1 aromatic rings. The van der Waals surface area contributed by atoms with Gasteiger partial charge in [0.05, 0.1) is 16.5 Å². The van der Waals surface area contributed by atoms with Crippen LogP contribution in [0.5, 0.6) is 0 Å². The van der Waals surface area contributed by atoms with Crippen LogP contribution in [0.25, 0.3) is 0 Å². The Morgan fingerprint density at radius 1 is 1.41 bits per heavy atom. The Morgan fingerprint density at radius 2 is 2.12 bits per heavy atom. The van der Waals surface area contributed by atoms with Crippen molar-refractivity contribution < 1.29 is 13.5 Å². The van der Waals surface area contributed by atoms with Crippen LogP contribution >= 0.6 is 11.3 Å².